The molecule has 5 rings (SSSR count). The van der Waals surface area contributed by atoms with Crippen molar-refractivity contribution in [2.75, 3.05) is 5.32 Å². The Kier molecular flexibility index (Phi) is 7.14. The summed E-state index contributed by atoms with van der Waals surface area (Å²) >= 11 is 1.35. The van der Waals surface area contributed by atoms with Gasteiger partial charge in [-0.15, -0.1) is 10.2 Å². The lowest BCUT2D eigenvalue weighted by atomic mass is 10.2. The highest BCUT2D eigenvalue weighted by Gasteiger charge is 2.22. The zero-order valence-electron chi connectivity index (χ0n) is 19.6. The molecular formula is C28H24N4O3S. The van der Waals surface area contributed by atoms with Crippen LogP contribution in [0.3, 0.4) is 0 Å². The quantitative estimate of drug-likeness (QED) is 0.235. The first-order valence-electron chi connectivity index (χ1n) is 11.5. The van der Waals surface area contributed by atoms with E-state index in [4.69, 9.17) is 9.15 Å². The van der Waals surface area contributed by atoms with E-state index in [9.17, 15) is 4.79 Å². The van der Waals surface area contributed by atoms with Crippen molar-refractivity contribution in [3.63, 3.8) is 0 Å². The van der Waals surface area contributed by atoms with E-state index < -0.39 is 5.25 Å². The van der Waals surface area contributed by atoms with Gasteiger partial charge in [0.05, 0.1) is 18.1 Å². The summed E-state index contributed by atoms with van der Waals surface area (Å²) < 4.78 is 13.4. The van der Waals surface area contributed by atoms with Crippen molar-refractivity contribution in [1.82, 2.24) is 14.8 Å². The number of nitrogens with zero attached hydrogens (tertiary/aromatic N) is 3. The van der Waals surface area contributed by atoms with Gasteiger partial charge in [-0.05, 0) is 61.0 Å². The number of aromatic nitrogens is 3. The first kappa shape index (κ1) is 23.4. The minimum atomic E-state index is -0.409. The Morgan fingerprint density at radius 2 is 1.61 bits per heavy atom. The molecule has 0 saturated heterocycles. The van der Waals surface area contributed by atoms with Crippen LogP contribution in [0.25, 0.3) is 11.6 Å². The molecule has 0 aliphatic rings. The van der Waals surface area contributed by atoms with E-state index in [0.717, 1.165) is 11.3 Å². The summed E-state index contributed by atoms with van der Waals surface area (Å²) in [5.41, 5.74) is 1.79. The van der Waals surface area contributed by atoms with Gasteiger partial charge in [-0.2, -0.15) is 0 Å². The van der Waals surface area contributed by atoms with E-state index in [1.807, 2.05) is 109 Å². The molecule has 0 aliphatic carbocycles. The number of anilines is 1. The highest BCUT2D eigenvalue weighted by molar-refractivity contribution is 8.00. The monoisotopic (exact) mass is 496 g/mol. The molecule has 180 valence electrons. The van der Waals surface area contributed by atoms with Gasteiger partial charge in [-0.25, -0.2) is 0 Å². The number of carbonyl (C=O) groups is 1. The van der Waals surface area contributed by atoms with Crippen molar-refractivity contribution in [3.05, 3.63) is 109 Å². The third-order valence-corrected chi connectivity index (χ3v) is 6.47. The number of nitrogens with one attached hydrogen (secondary N) is 1. The van der Waals surface area contributed by atoms with Crippen molar-refractivity contribution >= 4 is 23.4 Å². The number of ether oxygens (including phenoxy) is 1. The van der Waals surface area contributed by atoms with Crippen LogP contribution in [0.1, 0.15) is 12.5 Å². The second kappa shape index (κ2) is 11.0. The lowest BCUT2D eigenvalue weighted by Gasteiger charge is -2.14. The molecule has 0 unspecified atom stereocenters. The number of amides is 1. The van der Waals surface area contributed by atoms with Gasteiger partial charge >= 0.3 is 0 Å². The molecule has 0 spiro atoms. The van der Waals surface area contributed by atoms with Crippen LogP contribution in [0.5, 0.6) is 11.5 Å². The van der Waals surface area contributed by atoms with Crippen LogP contribution in [0.2, 0.25) is 0 Å². The zero-order chi connectivity index (χ0) is 24.7. The van der Waals surface area contributed by atoms with Crippen molar-refractivity contribution in [2.45, 2.75) is 23.9 Å². The minimum Gasteiger partial charge on any atom is -0.461 e. The smallest absolute Gasteiger partial charge is 0.237 e. The van der Waals surface area contributed by atoms with E-state index in [2.05, 4.69) is 15.5 Å². The predicted octanol–water partition coefficient (Wildman–Crippen LogP) is 6.50. The molecule has 0 bridgehead atoms. The number of hydrogen-bond donors (Lipinski definition) is 1. The molecule has 3 aromatic carbocycles. The molecule has 5 aromatic rings. The molecule has 1 N–H and O–H groups in total. The standard InChI is InChI=1S/C28H24N4O3S/c1-20(27(33)29-22-14-16-24(17-15-22)35-23-11-6-3-7-12-23)36-28-31-30-26(25-13-8-18-34-25)32(28)19-21-9-4-2-5-10-21/h2-18,20H,19H2,1H3,(H,29,33)/t20-/m0/s1. The largest absolute Gasteiger partial charge is 0.461 e. The van der Waals surface area contributed by atoms with Gasteiger partial charge in [-0.1, -0.05) is 60.3 Å². The molecule has 1 atom stereocenters. The topological polar surface area (TPSA) is 82.2 Å². The first-order valence-corrected chi connectivity index (χ1v) is 12.3. The highest BCUT2D eigenvalue weighted by atomic mass is 32.2. The third kappa shape index (κ3) is 5.67. The van der Waals surface area contributed by atoms with Crippen molar-refractivity contribution in [3.8, 4) is 23.1 Å². The van der Waals surface area contributed by atoms with Gasteiger partial charge in [0.2, 0.25) is 11.7 Å². The summed E-state index contributed by atoms with van der Waals surface area (Å²) in [6.07, 6.45) is 1.61. The van der Waals surface area contributed by atoms with Crippen molar-refractivity contribution in [1.29, 1.82) is 0 Å². The van der Waals surface area contributed by atoms with E-state index in [1.54, 1.807) is 6.26 Å². The number of thioether (sulfide) groups is 1. The lowest BCUT2D eigenvalue weighted by molar-refractivity contribution is -0.115. The summed E-state index contributed by atoms with van der Waals surface area (Å²) in [4.78, 5) is 13.0. The zero-order valence-corrected chi connectivity index (χ0v) is 20.4. The van der Waals surface area contributed by atoms with E-state index in [0.29, 0.717) is 34.7 Å². The van der Waals surface area contributed by atoms with Crippen molar-refractivity contribution < 1.29 is 13.9 Å². The van der Waals surface area contributed by atoms with E-state index in [1.165, 1.54) is 11.8 Å². The average molecular weight is 497 g/mol. The number of rotatable bonds is 9. The molecule has 8 heteroatoms. The number of carbonyl (C=O) groups excluding carboxylic acids is 1. The Balaban J connectivity index is 1.27. The Hall–Kier alpha value is -4.30. The van der Waals surface area contributed by atoms with Crippen LogP contribution in [0.15, 0.2) is 113 Å². The number of benzene rings is 3. The second-order valence-electron chi connectivity index (χ2n) is 8.04. The van der Waals surface area contributed by atoms with Crippen molar-refractivity contribution in [2.24, 2.45) is 0 Å². The molecule has 2 aromatic heterocycles. The maximum atomic E-state index is 13.0. The molecule has 0 radical (unpaired) electrons. The Morgan fingerprint density at radius 1 is 0.917 bits per heavy atom. The predicted molar refractivity (Wildman–Crippen MR) is 140 cm³/mol. The summed E-state index contributed by atoms with van der Waals surface area (Å²) in [6, 6.07) is 30.6. The third-order valence-electron chi connectivity index (χ3n) is 5.39. The molecule has 1 amide bonds. The molecule has 0 fully saturated rings. The second-order valence-corrected chi connectivity index (χ2v) is 9.35. The van der Waals surface area contributed by atoms with Crippen LogP contribution >= 0.6 is 11.8 Å². The SMILES string of the molecule is C[C@H](Sc1nnc(-c2ccco2)n1Cc1ccccc1)C(=O)Nc1ccc(Oc2ccccc2)cc1. The molecule has 2 heterocycles. The van der Waals surface area contributed by atoms with Crippen LogP contribution < -0.4 is 10.1 Å². The molecular weight excluding hydrogens is 472 g/mol. The molecule has 0 aliphatic heterocycles. The van der Waals surface area contributed by atoms with Gasteiger partial charge in [0.1, 0.15) is 11.5 Å². The summed E-state index contributed by atoms with van der Waals surface area (Å²) in [7, 11) is 0. The van der Waals surface area contributed by atoms with Gasteiger partial charge in [0.25, 0.3) is 0 Å². The Bertz CT molecular complexity index is 1400. The molecule has 0 saturated carbocycles. The Morgan fingerprint density at radius 3 is 2.31 bits per heavy atom. The molecule has 36 heavy (non-hydrogen) atoms. The maximum Gasteiger partial charge on any atom is 0.237 e. The lowest BCUT2D eigenvalue weighted by Crippen LogP contribution is -2.23. The number of para-hydroxylation sites is 1. The maximum absolute atomic E-state index is 13.0. The van der Waals surface area contributed by atoms with Gasteiger partial charge in [0.15, 0.2) is 10.9 Å². The van der Waals surface area contributed by atoms with Gasteiger partial charge in [-0.3, -0.25) is 9.36 Å². The Labute approximate surface area is 213 Å². The fourth-order valence-corrected chi connectivity index (χ4v) is 4.41. The van der Waals surface area contributed by atoms with Gasteiger partial charge < -0.3 is 14.5 Å². The highest BCUT2D eigenvalue weighted by Crippen LogP contribution is 2.29. The number of hydrogen-bond acceptors (Lipinski definition) is 6. The summed E-state index contributed by atoms with van der Waals surface area (Å²) in [6.45, 7) is 2.41. The number of furan rings is 1. The minimum absolute atomic E-state index is 0.134. The normalized spacial score (nSPS) is 11.7. The average Bonchev–Trinajstić information content (AvgIpc) is 3.57. The van der Waals surface area contributed by atoms with Crippen LogP contribution in [-0.4, -0.2) is 25.9 Å². The van der Waals surface area contributed by atoms with Crippen LogP contribution in [0.4, 0.5) is 5.69 Å². The first-order chi connectivity index (χ1) is 17.7. The van der Waals surface area contributed by atoms with E-state index >= 15 is 0 Å². The van der Waals surface area contributed by atoms with Crippen LogP contribution in [-0.2, 0) is 11.3 Å². The van der Waals surface area contributed by atoms with Gasteiger partial charge in [0, 0.05) is 5.69 Å². The van der Waals surface area contributed by atoms with E-state index in [-0.39, 0.29) is 5.91 Å². The molecule has 7 nitrogen and oxygen atoms in total. The fraction of sp³-hybridized carbons (Fsp3) is 0.107. The van der Waals surface area contributed by atoms with Crippen LogP contribution in [0, 0.1) is 0 Å². The fourth-order valence-electron chi connectivity index (χ4n) is 3.56. The summed E-state index contributed by atoms with van der Waals surface area (Å²) in [5, 5.41) is 11.9. The summed E-state index contributed by atoms with van der Waals surface area (Å²) in [5.74, 6) is 2.56.